The number of hydrogen-bond acceptors (Lipinski definition) is 7. The van der Waals surface area contributed by atoms with Crippen LogP contribution in [-0.2, 0) is 4.79 Å². The molecular formula is C27H20F2N6O2S. The summed E-state index contributed by atoms with van der Waals surface area (Å²) in [5.41, 5.74) is 4.83. The molecule has 11 heteroatoms. The van der Waals surface area contributed by atoms with Crippen molar-refractivity contribution in [2.45, 2.75) is 39.2 Å². The first-order valence-electron chi connectivity index (χ1n) is 11.9. The first-order valence-corrected chi connectivity index (χ1v) is 12.8. The van der Waals surface area contributed by atoms with Gasteiger partial charge in [0.25, 0.3) is 0 Å². The van der Waals surface area contributed by atoms with Crippen LogP contribution in [0.4, 0.5) is 14.5 Å². The lowest BCUT2D eigenvalue weighted by atomic mass is 9.96. The smallest absolute Gasteiger partial charge is 0.227 e. The Morgan fingerprint density at radius 2 is 2.00 bits per heavy atom. The van der Waals surface area contributed by atoms with E-state index < -0.39 is 17.7 Å². The summed E-state index contributed by atoms with van der Waals surface area (Å²) in [4.78, 5) is 24.1. The third kappa shape index (κ3) is 3.85. The van der Waals surface area contributed by atoms with Crippen LogP contribution in [0.5, 0.6) is 0 Å². The van der Waals surface area contributed by atoms with Gasteiger partial charge in [0.2, 0.25) is 5.91 Å². The molecule has 5 aromatic rings. The van der Waals surface area contributed by atoms with E-state index in [2.05, 4.69) is 16.2 Å². The lowest BCUT2D eigenvalue weighted by Gasteiger charge is -2.35. The quantitative estimate of drug-likeness (QED) is 0.277. The van der Waals surface area contributed by atoms with Gasteiger partial charge in [0.1, 0.15) is 28.2 Å². The molecule has 0 aliphatic carbocycles. The third-order valence-corrected chi connectivity index (χ3v) is 7.59. The Hall–Kier alpha value is -4.43. The Labute approximate surface area is 219 Å². The monoisotopic (exact) mass is 530 g/mol. The predicted octanol–water partition coefficient (Wildman–Crippen LogP) is 6.14. The molecule has 1 aliphatic heterocycles. The number of rotatable bonds is 4. The summed E-state index contributed by atoms with van der Waals surface area (Å²) in [6.07, 6.45) is 3.32. The fourth-order valence-electron chi connectivity index (χ4n) is 5.08. The minimum absolute atomic E-state index is 0.205. The number of nitrogens with zero attached hydrogens (tertiary/aromatic N) is 6. The van der Waals surface area contributed by atoms with Crippen molar-refractivity contribution in [3.05, 3.63) is 76.4 Å². The molecule has 1 saturated heterocycles. The number of thiazole rings is 1. The number of aromatic nitrogens is 4. The Morgan fingerprint density at radius 3 is 2.71 bits per heavy atom. The number of halogens is 2. The number of amides is 1. The van der Waals surface area contributed by atoms with E-state index in [1.165, 1.54) is 22.3 Å². The minimum atomic E-state index is -1.03. The van der Waals surface area contributed by atoms with Gasteiger partial charge in [-0.15, -0.1) is 11.3 Å². The number of aryl methyl sites for hydroxylation is 2. The second-order valence-electron chi connectivity index (χ2n) is 9.11. The second-order valence-corrected chi connectivity index (χ2v) is 9.97. The number of anilines is 1. The highest BCUT2D eigenvalue weighted by Gasteiger charge is 2.36. The largest absolute Gasteiger partial charge is 0.361 e. The summed E-state index contributed by atoms with van der Waals surface area (Å²) in [6.45, 7) is 3.71. The van der Waals surface area contributed by atoms with E-state index in [-0.39, 0.29) is 23.7 Å². The van der Waals surface area contributed by atoms with Gasteiger partial charge in [0.15, 0.2) is 17.3 Å². The van der Waals surface area contributed by atoms with Gasteiger partial charge < -0.3 is 9.42 Å². The lowest BCUT2D eigenvalue weighted by molar-refractivity contribution is -0.120. The van der Waals surface area contributed by atoms with Crippen LogP contribution in [0.3, 0.4) is 0 Å². The molecule has 5 heterocycles. The van der Waals surface area contributed by atoms with Crippen LogP contribution in [0.25, 0.3) is 27.5 Å². The van der Waals surface area contributed by atoms with Gasteiger partial charge in [0.05, 0.1) is 17.4 Å². The number of imidazole rings is 1. The summed E-state index contributed by atoms with van der Waals surface area (Å²) in [5.74, 6) is -1.54. The Bertz CT molecular complexity index is 1750. The van der Waals surface area contributed by atoms with Gasteiger partial charge in [-0.2, -0.15) is 5.26 Å². The van der Waals surface area contributed by atoms with Crippen molar-refractivity contribution in [1.29, 1.82) is 5.26 Å². The fourth-order valence-corrected chi connectivity index (χ4v) is 5.87. The Morgan fingerprint density at radius 1 is 1.16 bits per heavy atom. The molecule has 1 aliphatic rings. The van der Waals surface area contributed by atoms with Crippen LogP contribution >= 0.6 is 11.3 Å². The predicted molar refractivity (Wildman–Crippen MR) is 136 cm³/mol. The number of fused-ring (bicyclic) bond motifs is 1. The van der Waals surface area contributed by atoms with E-state index >= 15 is 0 Å². The summed E-state index contributed by atoms with van der Waals surface area (Å²) in [7, 11) is 0. The molecule has 0 saturated carbocycles. The van der Waals surface area contributed by atoms with Gasteiger partial charge >= 0.3 is 0 Å². The number of benzene rings is 1. The van der Waals surface area contributed by atoms with Crippen LogP contribution in [-0.4, -0.2) is 25.4 Å². The maximum Gasteiger partial charge on any atom is 0.227 e. The van der Waals surface area contributed by atoms with Gasteiger partial charge in [-0.25, -0.2) is 18.7 Å². The van der Waals surface area contributed by atoms with Crippen molar-refractivity contribution < 1.29 is 18.1 Å². The Kier molecular flexibility index (Phi) is 5.76. The van der Waals surface area contributed by atoms with Crippen molar-refractivity contribution in [3.63, 3.8) is 0 Å². The summed E-state index contributed by atoms with van der Waals surface area (Å²) >= 11 is 1.30. The topological polar surface area (TPSA) is 100 Å². The summed E-state index contributed by atoms with van der Waals surface area (Å²) < 4.78 is 35.1. The number of carbonyl (C=O) groups excluding carboxylic acids is 1. The zero-order valence-electron chi connectivity index (χ0n) is 20.4. The maximum absolute atomic E-state index is 14.2. The number of carbonyl (C=O) groups is 1. The molecular weight excluding hydrogens is 510 g/mol. The average Bonchev–Trinajstić information content (AvgIpc) is 3.61. The van der Waals surface area contributed by atoms with Gasteiger partial charge in [0, 0.05) is 35.3 Å². The van der Waals surface area contributed by atoms with Crippen molar-refractivity contribution in [3.8, 4) is 27.9 Å². The first-order chi connectivity index (χ1) is 18.4. The molecule has 0 bridgehead atoms. The molecule has 38 heavy (non-hydrogen) atoms. The van der Waals surface area contributed by atoms with Crippen LogP contribution in [0.2, 0.25) is 0 Å². The summed E-state index contributed by atoms with van der Waals surface area (Å²) in [6, 6.07) is 8.80. The van der Waals surface area contributed by atoms with E-state index in [9.17, 15) is 18.8 Å². The van der Waals surface area contributed by atoms with E-state index in [1.807, 2.05) is 36.6 Å². The SMILES string of the molecule is Cc1noc(C)c1-c1ccn2c(-c3nc(C#N)cs3)c([C@@H]3CCCC(=O)N3c3ccc(F)c(F)c3)nc2c1. The third-order valence-electron chi connectivity index (χ3n) is 6.74. The van der Waals surface area contributed by atoms with E-state index in [0.717, 1.165) is 29.0 Å². The zero-order chi connectivity index (χ0) is 26.6. The molecule has 1 aromatic carbocycles. The van der Waals surface area contributed by atoms with Crippen molar-refractivity contribution in [2.24, 2.45) is 0 Å². The normalized spacial score (nSPS) is 15.8. The number of nitriles is 1. The molecule has 1 amide bonds. The minimum Gasteiger partial charge on any atom is -0.361 e. The molecule has 0 unspecified atom stereocenters. The number of pyridine rings is 1. The zero-order valence-corrected chi connectivity index (χ0v) is 21.2. The standard InChI is InChI=1S/C27H20F2N6O2S/c1-14-24(15(2)37-33-14)16-8-9-34-22(10-16)32-25(26(34)27-31-17(12-30)13-38-27)21-4-3-5-23(36)35(21)18-6-7-19(28)20(29)11-18/h6-11,13,21H,3-5H2,1-2H3/t21-/m0/s1. The summed E-state index contributed by atoms with van der Waals surface area (Å²) in [5, 5.41) is 15.7. The molecule has 6 rings (SSSR count). The average molecular weight is 531 g/mol. The molecule has 0 N–H and O–H groups in total. The van der Waals surface area contributed by atoms with E-state index in [1.54, 1.807) is 5.38 Å². The maximum atomic E-state index is 14.2. The molecule has 0 spiro atoms. The molecule has 8 nitrogen and oxygen atoms in total. The highest BCUT2D eigenvalue weighted by molar-refractivity contribution is 7.13. The molecule has 190 valence electrons. The van der Waals surface area contributed by atoms with Gasteiger partial charge in [-0.1, -0.05) is 5.16 Å². The molecule has 0 radical (unpaired) electrons. The van der Waals surface area contributed by atoms with Gasteiger partial charge in [-0.3, -0.25) is 9.20 Å². The van der Waals surface area contributed by atoms with Gasteiger partial charge in [-0.05, 0) is 56.5 Å². The first kappa shape index (κ1) is 23.9. The molecule has 1 atom stereocenters. The highest BCUT2D eigenvalue weighted by atomic mass is 32.1. The van der Waals surface area contributed by atoms with E-state index in [4.69, 9.17) is 9.51 Å². The van der Waals surface area contributed by atoms with Crippen molar-refractivity contribution in [2.75, 3.05) is 4.90 Å². The lowest BCUT2D eigenvalue weighted by Crippen LogP contribution is -2.38. The van der Waals surface area contributed by atoms with Crippen LogP contribution < -0.4 is 4.90 Å². The fraction of sp³-hybridized carbons (Fsp3) is 0.222. The van der Waals surface area contributed by atoms with E-state index in [0.29, 0.717) is 40.6 Å². The van der Waals surface area contributed by atoms with Crippen LogP contribution in [0, 0.1) is 36.8 Å². The highest BCUT2D eigenvalue weighted by Crippen LogP contribution is 2.41. The Balaban J connectivity index is 1.57. The number of piperidine rings is 1. The van der Waals surface area contributed by atoms with Crippen LogP contribution in [0.1, 0.15) is 48.1 Å². The van der Waals surface area contributed by atoms with Crippen LogP contribution in [0.15, 0.2) is 46.4 Å². The molecule has 1 fully saturated rings. The van der Waals surface area contributed by atoms with Crippen molar-refractivity contribution in [1.82, 2.24) is 19.5 Å². The number of hydrogen-bond donors (Lipinski definition) is 0. The van der Waals surface area contributed by atoms with Crippen molar-refractivity contribution >= 4 is 28.6 Å². The molecule has 4 aromatic heterocycles. The second kappa shape index (κ2) is 9.15.